The standard InChI is InChI=1S/C24H29BrFN5O2/c1-16-4-3-7-30(16)20-6-5-17(15-27-20)24-28-22-21(26)18(25)14-19(32-2)23(22)31(24)9-8-29-10-12-33-13-11-29/h5-6,14-16H,3-4,7-13H2,1-2H3. The van der Waals surface area contributed by atoms with E-state index in [4.69, 9.17) is 19.4 Å². The Labute approximate surface area is 201 Å². The lowest BCUT2D eigenvalue weighted by atomic mass is 10.2. The molecule has 4 heterocycles. The Bertz CT molecular complexity index is 1130. The maximum Gasteiger partial charge on any atom is 0.165 e. The van der Waals surface area contributed by atoms with Crippen molar-refractivity contribution in [3.8, 4) is 17.1 Å². The van der Waals surface area contributed by atoms with Crippen molar-refractivity contribution in [2.45, 2.75) is 32.4 Å². The maximum absolute atomic E-state index is 15.1. The summed E-state index contributed by atoms with van der Waals surface area (Å²) in [4.78, 5) is 14.2. The van der Waals surface area contributed by atoms with E-state index in [1.807, 2.05) is 18.3 Å². The summed E-state index contributed by atoms with van der Waals surface area (Å²) in [6, 6.07) is 6.26. The molecule has 2 saturated heterocycles. The number of morpholine rings is 1. The second-order valence-electron chi connectivity index (χ2n) is 8.70. The summed E-state index contributed by atoms with van der Waals surface area (Å²) >= 11 is 3.31. The number of rotatable bonds is 6. The summed E-state index contributed by atoms with van der Waals surface area (Å²) < 4.78 is 28.6. The molecule has 0 radical (unpaired) electrons. The molecule has 5 rings (SSSR count). The summed E-state index contributed by atoms with van der Waals surface area (Å²) in [6.45, 7) is 8.01. The summed E-state index contributed by atoms with van der Waals surface area (Å²) in [5, 5.41) is 0. The first-order chi connectivity index (χ1) is 16.1. The first kappa shape index (κ1) is 22.6. The summed E-state index contributed by atoms with van der Waals surface area (Å²) in [5.74, 6) is 1.88. The summed E-state index contributed by atoms with van der Waals surface area (Å²) in [6.07, 6.45) is 4.23. The van der Waals surface area contributed by atoms with Gasteiger partial charge >= 0.3 is 0 Å². The van der Waals surface area contributed by atoms with Crippen LogP contribution in [-0.4, -0.2) is 72.0 Å². The van der Waals surface area contributed by atoms with E-state index in [1.54, 1.807) is 13.2 Å². The number of pyridine rings is 1. The van der Waals surface area contributed by atoms with Crippen LogP contribution >= 0.6 is 15.9 Å². The molecule has 3 aromatic rings. The Balaban J connectivity index is 1.55. The molecule has 2 aromatic heterocycles. The molecule has 33 heavy (non-hydrogen) atoms. The highest BCUT2D eigenvalue weighted by atomic mass is 79.9. The number of hydrogen-bond donors (Lipinski definition) is 0. The van der Waals surface area contributed by atoms with Crippen LogP contribution < -0.4 is 9.64 Å². The Morgan fingerprint density at radius 2 is 2.03 bits per heavy atom. The number of aromatic nitrogens is 3. The van der Waals surface area contributed by atoms with Gasteiger partial charge in [0.15, 0.2) is 5.82 Å². The van der Waals surface area contributed by atoms with Crippen molar-refractivity contribution in [3.63, 3.8) is 0 Å². The van der Waals surface area contributed by atoms with Crippen LogP contribution in [0.4, 0.5) is 10.2 Å². The molecule has 0 aliphatic carbocycles. The van der Waals surface area contributed by atoms with Gasteiger partial charge in [-0.2, -0.15) is 0 Å². The largest absolute Gasteiger partial charge is 0.494 e. The number of halogens is 2. The van der Waals surface area contributed by atoms with Gasteiger partial charge in [-0.05, 0) is 53.9 Å². The number of nitrogens with zero attached hydrogens (tertiary/aromatic N) is 5. The van der Waals surface area contributed by atoms with Crippen molar-refractivity contribution in [1.29, 1.82) is 0 Å². The maximum atomic E-state index is 15.1. The molecule has 7 nitrogen and oxygen atoms in total. The first-order valence-corrected chi connectivity index (χ1v) is 12.3. The highest BCUT2D eigenvalue weighted by Crippen LogP contribution is 2.36. The predicted octanol–water partition coefficient (Wildman–Crippen LogP) is 4.33. The number of anilines is 1. The molecule has 0 amide bonds. The fraction of sp³-hybridized carbons (Fsp3) is 0.500. The highest BCUT2D eigenvalue weighted by molar-refractivity contribution is 9.10. The van der Waals surface area contributed by atoms with Gasteiger partial charge < -0.3 is 18.9 Å². The van der Waals surface area contributed by atoms with E-state index < -0.39 is 0 Å². The van der Waals surface area contributed by atoms with Gasteiger partial charge in [0.25, 0.3) is 0 Å². The molecule has 1 atom stereocenters. The van der Waals surface area contributed by atoms with Gasteiger partial charge in [0.1, 0.15) is 28.4 Å². The molecule has 2 aliphatic heterocycles. The second-order valence-corrected chi connectivity index (χ2v) is 9.56. The molecule has 2 fully saturated rings. The van der Waals surface area contributed by atoms with Crippen molar-refractivity contribution in [2.24, 2.45) is 0 Å². The van der Waals surface area contributed by atoms with Gasteiger partial charge in [-0.25, -0.2) is 14.4 Å². The van der Waals surface area contributed by atoms with Crippen molar-refractivity contribution < 1.29 is 13.9 Å². The van der Waals surface area contributed by atoms with Crippen LogP contribution in [0, 0.1) is 5.82 Å². The van der Waals surface area contributed by atoms with E-state index in [0.29, 0.717) is 39.7 Å². The molecule has 0 bridgehead atoms. The molecule has 9 heteroatoms. The molecule has 2 aliphatic rings. The quantitative estimate of drug-likeness (QED) is 0.485. The summed E-state index contributed by atoms with van der Waals surface area (Å²) in [7, 11) is 1.60. The molecule has 1 unspecified atom stereocenters. The van der Waals surface area contributed by atoms with Crippen LogP contribution in [0.1, 0.15) is 19.8 Å². The smallest absolute Gasteiger partial charge is 0.165 e. The van der Waals surface area contributed by atoms with Crippen molar-refractivity contribution in [2.75, 3.05) is 51.4 Å². The lowest BCUT2D eigenvalue weighted by molar-refractivity contribution is 0.0365. The van der Waals surface area contributed by atoms with E-state index in [-0.39, 0.29) is 5.82 Å². The van der Waals surface area contributed by atoms with Gasteiger partial charge in [-0.15, -0.1) is 0 Å². The predicted molar refractivity (Wildman–Crippen MR) is 130 cm³/mol. The van der Waals surface area contributed by atoms with Gasteiger partial charge in [0, 0.05) is 50.5 Å². The van der Waals surface area contributed by atoms with Gasteiger partial charge in [-0.3, -0.25) is 4.90 Å². The van der Waals surface area contributed by atoms with Crippen LogP contribution in [0.3, 0.4) is 0 Å². The summed E-state index contributed by atoms with van der Waals surface area (Å²) in [5.41, 5.74) is 1.83. The molecule has 0 saturated carbocycles. The fourth-order valence-corrected chi connectivity index (χ4v) is 5.23. The van der Waals surface area contributed by atoms with E-state index >= 15 is 4.39 Å². The van der Waals surface area contributed by atoms with E-state index in [9.17, 15) is 0 Å². The molecule has 0 spiro atoms. The molecule has 0 N–H and O–H groups in total. The lowest BCUT2D eigenvalue weighted by Crippen LogP contribution is -2.38. The number of fused-ring (bicyclic) bond motifs is 1. The van der Waals surface area contributed by atoms with Gasteiger partial charge in [0.2, 0.25) is 0 Å². The van der Waals surface area contributed by atoms with Crippen molar-refractivity contribution >= 4 is 32.8 Å². The Kier molecular flexibility index (Phi) is 6.53. The number of methoxy groups -OCH3 is 1. The SMILES string of the molecule is COc1cc(Br)c(F)c2nc(-c3ccc(N4CCCC4C)nc3)n(CCN3CCOCC3)c12. The number of imidazole rings is 1. The van der Waals surface area contributed by atoms with Crippen molar-refractivity contribution in [3.05, 3.63) is 34.7 Å². The van der Waals surface area contributed by atoms with Gasteiger partial charge in [-0.1, -0.05) is 0 Å². The minimum atomic E-state index is -0.382. The number of ether oxygens (including phenoxy) is 2. The molecular weight excluding hydrogens is 489 g/mol. The van der Waals surface area contributed by atoms with Crippen LogP contribution in [0.2, 0.25) is 0 Å². The van der Waals surface area contributed by atoms with Crippen molar-refractivity contribution in [1.82, 2.24) is 19.4 Å². The molecule has 1 aromatic carbocycles. The zero-order chi connectivity index (χ0) is 22.9. The number of benzene rings is 1. The minimum Gasteiger partial charge on any atom is -0.494 e. The van der Waals surface area contributed by atoms with Gasteiger partial charge in [0.05, 0.1) is 24.8 Å². The third kappa shape index (κ3) is 4.34. The third-order valence-corrected chi connectivity index (χ3v) is 7.27. The highest BCUT2D eigenvalue weighted by Gasteiger charge is 2.24. The topological polar surface area (TPSA) is 55.7 Å². The first-order valence-electron chi connectivity index (χ1n) is 11.5. The van der Waals surface area contributed by atoms with E-state index in [2.05, 4.69) is 37.2 Å². The minimum absolute atomic E-state index is 0.301. The second kappa shape index (κ2) is 9.56. The van der Waals surface area contributed by atoms with Crippen LogP contribution in [0.15, 0.2) is 28.9 Å². The third-order valence-electron chi connectivity index (χ3n) is 6.69. The van der Waals surface area contributed by atoms with Crippen LogP contribution in [-0.2, 0) is 11.3 Å². The molecular formula is C24H29BrFN5O2. The zero-order valence-electron chi connectivity index (χ0n) is 19.1. The normalized spacial score (nSPS) is 19.5. The van der Waals surface area contributed by atoms with E-state index in [0.717, 1.165) is 50.8 Å². The average Bonchev–Trinajstić information content (AvgIpc) is 3.45. The fourth-order valence-electron chi connectivity index (χ4n) is 4.84. The number of hydrogen-bond acceptors (Lipinski definition) is 6. The lowest BCUT2D eigenvalue weighted by Gasteiger charge is -2.27. The van der Waals surface area contributed by atoms with E-state index in [1.165, 1.54) is 12.8 Å². The van der Waals surface area contributed by atoms with Crippen LogP contribution in [0.5, 0.6) is 5.75 Å². The Morgan fingerprint density at radius 3 is 2.70 bits per heavy atom. The zero-order valence-corrected chi connectivity index (χ0v) is 20.6. The average molecular weight is 518 g/mol. The Morgan fingerprint density at radius 1 is 1.21 bits per heavy atom. The van der Waals surface area contributed by atoms with Crippen LogP contribution in [0.25, 0.3) is 22.4 Å². The monoisotopic (exact) mass is 517 g/mol. The Hall–Kier alpha value is -2.23. The molecule has 176 valence electrons.